The van der Waals surface area contributed by atoms with Crippen LogP contribution >= 0.6 is 0 Å². The molecule has 0 bridgehead atoms. The molecule has 0 saturated carbocycles. The van der Waals surface area contributed by atoms with E-state index in [9.17, 15) is 4.79 Å². The van der Waals surface area contributed by atoms with Crippen LogP contribution in [0.1, 0.15) is 13.8 Å². The molecule has 1 aromatic carbocycles. The van der Waals surface area contributed by atoms with Gasteiger partial charge in [-0.05, 0) is 25.1 Å². The summed E-state index contributed by atoms with van der Waals surface area (Å²) >= 11 is 0. The average Bonchev–Trinajstić information content (AvgIpc) is 2.18. The van der Waals surface area contributed by atoms with Crippen LogP contribution in [0.5, 0.6) is 5.75 Å². The first kappa shape index (κ1) is 11.4. The van der Waals surface area contributed by atoms with Gasteiger partial charge in [-0.15, -0.1) is 0 Å². The number of hydrogen-bond donors (Lipinski definition) is 2. The molecule has 1 amide bonds. The molecule has 2 N–H and O–H groups in total. The van der Waals surface area contributed by atoms with Crippen molar-refractivity contribution >= 4 is 17.3 Å². The molecular formula is C11H16N2O2. The van der Waals surface area contributed by atoms with Crippen molar-refractivity contribution in [3.8, 4) is 5.75 Å². The number of nitrogens with one attached hydrogen (secondary N) is 2. The monoisotopic (exact) mass is 208 g/mol. The molecule has 0 radical (unpaired) electrons. The summed E-state index contributed by atoms with van der Waals surface area (Å²) in [6.45, 7) is 4.29. The van der Waals surface area contributed by atoms with Gasteiger partial charge in [-0.3, -0.25) is 4.79 Å². The van der Waals surface area contributed by atoms with Crippen LogP contribution < -0.4 is 15.4 Å². The number of carbonyl (C=O) groups excluding carboxylic acids is 1. The van der Waals surface area contributed by atoms with Crippen molar-refractivity contribution in [3.63, 3.8) is 0 Å². The third kappa shape index (κ3) is 3.16. The summed E-state index contributed by atoms with van der Waals surface area (Å²) in [5.41, 5.74) is 1.64. The Morgan fingerprint density at radius 1 is 1.47 bits per heavy atom. The number of ether oxygens (including phenoxy) is 1. The fourth-order valence-electron chi connectivity index (χ4n) is 1.32. The topological polar surface area (TPSA) is 50.4 Å². The summed E-state index contributed by atoms with van der Waals surface area (Å²) in [6, 6.07) is 5.48. The fraction of sp³-hybridized carbons (Fsp3) is 0.364. The minimum Gasteiger partial charge on any atom is -0.495 e. The van der Waals surface area contributed by atoms with E-state index >= 15 is 0 Å². The van der Waals surface area contributed by atoms with Gasteiger partial charge >= 0.3 is 0 Å². The summed E-state index contributed by atoms with van der Waals surface area (Å²) in [6.07, 6.45) is 0. The first-order valence-corrected chi connectivity index (χ1v) is 4.87. The van der Waals surface area contributed by atoms with E-state index in [1.165, 1.54) is 6.92 Å². The third-order valence-electron chi connectivity index (χ3n) is 1.89. The number of rotatable bonds is 4. The second kappa shape index (κ2) is 5.24. The standard InChI is InChI=1S/C11H16N2O2/c1-4-12-10-7-9(13-8(2)14)5-6-11(10)15-3/h5-7,12H,4H2,1-3H3,(H,13,14). The van der Waals surface area contributed by atoms with Crippen LogP contribution in [0.2, 0.25) is 0 Å². The largest absolute Gasteiger partial charge is 0.495 e. The Balaban J connectivity index is 2.93. The first-order chi connectivity index (χ1) is 7.17. The quantitative estimate of drug-likeness (QED) is 0.796. The van der Waals surface area contributed by atoms with Gasteiger partial charge in [0.15, 0.2) is 0 Å². The number of anilines is 2. The van der Waals surface area contributed by atoms with Gasteiger partial charge in [0.25, 0.3) is 0 Å². The Hall–Kier alpha value is -1.71. The van der Waals surface area contributed by atoms with Crippen LogP contribution in [0.4, 0.5) is 11.4 Å². The van der Waals surface area contributed by atoms with E-state index in [1.54, 1.807) is 13.2 Å². The van der Waals surface area contributed by atoms with Crippen LogP contribution in [-0.2, 0) is 4.79 Å². The number of benzene rings is 1. The molecule has 0 aliphatic rings. The highest BCUT2D eigenvalue weighted by atomic mass is 16.5. The molecule has 0 atom stereocenters. The molecule has 4 heteroatoms. The predicted molar refractivity (Wildman–Crippen MR) is 61.5 cm³/mol. The van der Waals surface area contributed by atoms with E-state index < -0.39 is 0 Å². The van der Waals surface area contributed by atoms with Crippen molar-refractivity contribution < 1.29 is 9.53 Å². The molecule has 0 aliphatic carbocycles. The summed E-state index contributed by atoms with van der Waals surface area (Å²) in [5, 5.41) is 5.88. The lowest BCUT2D eigenvalue weighted by molar-refractivity contribution is -0.114. The molecule has 0 aliphatic heterocycles. The summed E-state index contributed by atoms with van der Waals surface area (Å²) in [4.78, 5) is 10.9. The third-order valence-corrected chi connectivity index (χ3v) is 1.89. The van der Waals surface area contributed by atoms with Crippen molar-refractivity contribution in [2.24, 2.45) is 0 Å². The van der Waals surface area contributed by atoms with Crippen molar-refractivity contribution in [1.29, 1.82) is 0 Å². The summed E-state index contributed by atoms with van der Waals surface area (Å²) < 4.78 is 5.18. The second-order valence-corrected chi connectivity index (χ2v) is 3.13. The van der Waals surface area contributed by atoms with E-state index in [2.05, 4.69) is 10.6 Å². The highest BCUT2D eigenvalue weighted by molar-refractivity contribution is 5.89. The van der Waals surface area contributed by atoms with E-state index in [0.29, 0.717) is 0 Å². The molecule has 82 valence electrons. The number of carbonyl (C=O) groups is 1. The van der Waals surface area contributed by atoms with Crippen LogP contribution in [-0.4, -0.2) is 19.6 Å². The zero-order valence-corrected chi connectivity index (χ0v) is 9.26. The van der Waals surface area contributed by atoms with Gasteiger partial charge in [-0.25, -0.2) is 0 Å². The van der Waals surface area contributed by atoms with Gasteiger partial charge in [0.2, 0.25) is 5.91 Å². The maximum atomic E-state index is 10.9. The van der Waals surface area contributed by atoms with Crippen LogP contribution in [0.3, 0.4) is 0 Å². The van der Waals surface area contributed by atoms with Crippen molar-refractivity contribution in [3.05, 3.63) is 18.2 Å². The Bertz CT molecular complexity index is 350. The van der Waals surface area contributed by atoms with Crippen LogP contribution in [0.15, 0.2) is 18.2 Å². The second-order valence-electron chi connectivity index (χ2n) is 3.13. The maximum Gasteiger partial charge on any atom is 0.221 e. The van der Waals surface area contributed by atoms with E-state index in [1.807, 2.05) is 19.1 Å². The summed E-state index contributed by atoms with van der Waals surface area (Å²) in [7, 11) is 1.62. The van der Waals surface area contributed by atoms with Crippen LogP contribution in [0.25, 0.3) is 0 Å². The lowest BCUT2D eigenvalue weighted by atomic mass is 10.2. The highest BCUT2D eigenvalue weighted by Crippen LogP contribution is 2.27. The zero-order chi connectivity index (χ0) is 11.3. The predicted octanol–water partition coefficient (Wildman–Crippen LogP) is 2.09. The Morgan fingerprint density at radius 2 is 2.20 bits per heavy atom. The maximum absolute atomic E-state index is 10.9. The van der Waals surface area contributed by atoms with Gasteiger partial charge in [-0.2, -0.15) is 0 Å². The Labute approximate surface area is 89.6 Å². The normalized spacial score (nSPS) is 9.53. The summed E-state index contributed by atoms with van der Waals surface area (Å²) in [5.74, 6) is 0.688. The van der Waals surface area contributed by atoms with E-state index in [4.69, 9.17) is 4.74 Å². The van der Waals surface area contributed by atoms with Crippen molar-refractivity contribution in [2.75, 3.05) is 24.3 Å². The molecule has 0 aromatic heterocycles. The molecule has 0 fully saturated rings. The zero-order valence-electron chi connectivity index (χ0n) is 9.26. The van der Waals surface area contributed by atoms with Gasteiger partial charge in [0.05, 0.1) is 12.8 Å². The molecule has 1 rings (SSSR count). The molecule has 1 aromatic rings. The number of methoxy groups -OCH3 is 1. The lowest BCUT2D eigenvalue weighted by Crippen LogP contribution is -2.07. The molecule has 0 saturated heterocycles. The molecule has 15 heavy (non-hydrogen) atoms. The lowest BCUT2D eigenvalue weighted by Gasteiger charge is -2.11. The van der Waals surface area contributed by atoms with E-state index in [0.717, 1.165) is 23.7 Å². The molecule has 0 heterocycles. The van der Waals surface area contributed by atoms with Crippen molar-refractivity contribution in [1.82, 2.24) is 0 Å². The van der Waals surface area contributed by atoms with Gasteiger partial charge in [0, 0.05) is 19.2 Å². The Morgan fingerprint density at radius 3 is 2.73 bits per heavy atom. The number of hydrogen-bond acceptors (Lipinski definition) is 3. The van der Waals surface area contributed by atoms with E-state index in [-0.39, 0.29) is 5.91 Å². The van der Waals surface area contributed by atoms with Gasteiger partial charge < -0.3 is 15.4 Å². The van der Waals surface area contributed by atoms with Gasteiger partial charge in [0.1, 0.15) is 5.75 Å². The van der Waals surface area contributed by atoms with Gasteiger partial charge in [-0.1, -0.05) is 0 Å². The van der Waals surface area contributed by atoms with Crippen LogP contribution in [0, 0.1) is 0 Å². The SMILES string of the molecule is CCNc1cc(NC(C)=O)ccc1OC. The molecule has 0 unspecified atom stereocenters. The Kier molecular flexibility index (Phi) is 3.97. The minimum atomic E-state index is -0.0809. The molecule has 4 nitrogen and oxygen atoms in total. The van der Waals surface area contributed by atoms with Crippen molar-refractivity contribution in [2.45, 2.75) is 13.8 Å². The fourth-order valence-corrected chi connectivity index (χ4v) is 1.32. The molecule has 0 spiro atoms. The smallest absolute Gasteiger partial charge is 0.221 e. The number of amides is 1. The highest BCUT2D eigenvalue weighted by Gasteiger charge is 2.03. The molecular weight excluding hydrogens is 192 g/mol. The minimum absolute atomic E-state index is 0.0809. The first-order valence-electron chi connectivity index (χ1n) is 4.87. The average molecular weight is 208 g/mol.